The maximum atomic E-state index is 6.07. The minimum atomic E-state index is -1.52. The van der Waals surface area contributed by atoms with Gasteiger partial charge in [-0.25, -0.2) is 0 Å². The highest BCUT2D eigenvalue weighted by molar-refractivity contribution is 6.79. The van der Waals surface area contributed by atoms with Gasteiger partial charge in [-0.15, -0.1) is 0 Å². The molecular formula is C14H27NOSi2. The van der Waals surface area contributed by atoms with Crippen molar-refractivity contribution in [3.05, 3.63) is 23.3 Å². The molecule has 0 spiro atoms. The normalized spacial score (nSPS) is 12.4. The van der Waals surface area contributed by atoms with E-state index in [9.17, 15) is 0 Å². The summed E-state index contributed by atoms with van der Waals surface area (Å²) in [5.41, 5.74) is 3.86. The van der Waals surface area contributed by atoms with Crippen molar-refractivity contribution in [3.63, 3.8) is 0 Å². The Morgan fingerprint density at radius 2 is 1.33 bits per heavy atom. The van der Waals surface area contributed by atoms with E-state index in [1.807, 2.05) is 0 Å². The van der Waals surface area contributed by atoms with Crippen LogP contribution in [0.2, 0.25) is 39.3 Å². The molecule has 1 N–H and O–H groups in total. The van der Waals surface area contributed by atoms with E-state index in [0.29, 0.717) is 0 Å². The summed E-state index contributed by atoms with van der Waals surface area (Å²) in [6.07, 6.45) is 0. The third-order valence-corrected chi connectivity index (χ3v) is 4.28. The molecule has 0 aliphatic rings. The van der Waals surface area contributed by atoms with Gasteiger partial charge in [0.2, 0.25) is 8.32 Å². The third-order valence-electron chi connectivity index (χ3n) is 2.43. The highest BCUT2D eigenvalue weighted by Gasteiger charge is 2.19. The molecule has 0 atom stereocenters. The van der Waals surface area contributed by atoms with E-state index in [2.05, 4.69) is 70.2 Å². The molecule has 102 valence electrons. The van der Waals surface area contributed by atoms with Crippen LogP contribution < -0.4 is 9.41 Å². The SMILES string of the molecule is Cc1cc(O[Si](C)(C)C)cc(C)c1N[Si](C)(C)C. The topological polar surface area (TPSA) is 21.3 Å². The summed E-state index contributed by atoms with van der Waals surface area (Å²) in [7, 11) is -2.83. The van der Waals surface area contributed by atoms with Gasteiger partial charge in [-0.05, 0) is 56.7 Å². The zero-order chi connectivity index (χ0) is 14.1. The molecule has 0 saturated carbocycles. The third kappa shape index (κ3) is 4.86. The predicted molar refractivity (Wildman–Crippen MR) is 86.9 cm³/mol. The van der Waals surface area contributed by atoms with Crippen LogP contribution in [0.4, 0.5) is 5.69 Å². The van der Waals surface area contributed by atoms with Gasteiger partial charge in [0.05, 0.1) is 0 Å². The maximum Gasteiger partial charge on any atom is 0.242 e. The van der Waals surface area contributed by atoms with Crippen LogP contribution in [0.25, 0.3) is 0 Å². The predicted octanol–water partition coefficient (Wildman–Crippen LogP) is 4.76. The van der Waals surface area contributed by atoms with Crippen LogP contribution in [0.15, 0.2) is 12.1 Å². The van der Waals surface area contributed by atoms with Crippen molar-refractivity contribution in [2.75, 3.05) is 4.98 Å². The van der Waals surface area contributed by atoms with Crippen molar-refractivity contribution in [3.8, 4) is 5.75 Å². The molecule has 0 aliphatic heterocycles. The van der Waals surface area contributed by atoms with Gasteiger partial charge in [0.25, 0.3) is 0 Å². The maximum absolute atomic E-state index is 6.07. The van der Waals surface area contributed by atoms with Gasteiger partial charge in [-0.3, -0.25) is 0 Å². The first-order valence-corrected chi connectivity index (χ1v) is 13.5. The molecule has 0 aromatic heterocycles. The summed E-state index contributed by atoms with van der Waals surface area (Å²) in [6.45, 7) is 17.9. The van der Waals surface area contributed by atoms with E-state index in [0.717, 1.165) is 5.75 Å². The summed E-state index contributed by atoms with van der Waals surface area (Å²) in [6, 6.07) is 4.32. The monoisotopic (exact) mass is 281 g/mol. The molecule has 0 amide bonds. The Bertz CT molecular complexity index is 407. The second-order valence-corrected chi connectivity index (χ2v) is 16.2. The number of hydrogen-bond donors (Lipinski definition) is 1. The zero-order valence-electron chi connectivity index (χ0n) is 13.1. The fourth-order valence-corrected chi connectivity index (χ4v) is 3.88. The molecule has 18 heavy (non-hydrogen) atoms. The molecule has 1 aromatic rings. The molecule has 0 saturated heterocycles. The van der Waals surface area contributed by atoms with Crippen molar-refractivity contribution in [1.82, 2.24) is 0 Å². The molecule has 0 heterocycles. The lowest BCUT2D eigenvalue weighted by Gasteiger charge is -2.25. The van der Waals surface area contributed by atoms with E-state index in [4.69, 9.17) is 4.43 Å². The average molecular weight is 282 g/mol. The lowest BCUT2D eigenvalue weighted by molar-refractivity contribution is 0.557. The Labute approximate surface area is 114 Å². The van der Waals surface area contributed by atoms with Crippen LogP contribution in [-0.2, 0) is 0 Å². The lowest BCUT2D eigenvalue weighted by atomic mass is 10.1. The largest absolute Gasteiger partial charge is 0.544 e. The van der Waals surface area contributed by atoms with Crippen molar-refractivity contribution in [2.45, 2.75) is 53.1 Å². The van der Waals surface area contributed by atoms with Gasteiger partial charge in [0, 0.05) is 5.69 Å². The Balaban J connectivity index is 3.05. The summed E-state index contributed by atoms with van der Waals surface area (Å²) >= 11 is 0. The Morgan fingerprint density at radius 3 is 1.67 bits per heavy atom. The van der Waals surface area contributed by atoms with Crippen LogP contribution in [0, 0.1) is 13.8 Å². The summed E-state index contributed by atoms with van der Waals surface area (Å²) in [5, 5.41) is 0. The van der Waals surface area contributed by atoms with Gasteiger partial charge < -0.3 is 9.41 Å². The Kier molecular flexibility index (Phi) is 4.33. The highest BCUT2D eigenvalue weighted by Crippen LogP contribution is 2.29. The van der Waals surface area contributed by atoms with Crippen molar-refractivity contribution in [2.24, 2.45) is 0 Å². The number of nitrogens with one attached hydrogen (secondary N) is 1. The number of benzene rings is 1. The van der Waals surface area contributed by atoms with Gasteiger partial charge in [-0.1, -0.05) is 19.6 Å². The zero-order valence-corrected chi connectivity index (χ0v) is 15.1. The molecule has 1 aromatic carbocycles. The molecule has 0 unspecified atom stereocenters. The van der Waals surface area contributed by atoms with Crippen LogP contribution in [0.1, 0.15) is 11.1 Å². The van der Waals surface area contributed by atoms with E-state index in [1.165, 1.54) is 16.8 Å². The first-order valence-electron chi connectivity index (χ1n) is 6.56. The van der Waals surface area contributed by atoms with Crippen molar-refractivity contribution >= 4 is 22.2 Å². The van der Waals surface area contributed by atoms with Gasteiger partial charge in [0.1, 0.15) is 14.0 Å². The summed E-state index contributed by atoms with van der Waals surface area (Å²) in [5.74, 6) is 1.02. The first-order chi connectivity index (χ1) is 7.98. The van der Waals surface area contributed by atoms with Crippen LogP contribution >= 0.6 is 0 Å². The molecule has 0 bridgehead atoms. The van der Waals surface area contributed by atoms with Gasteiger partial charge >= 0.3 is 0 Å². The summed E-state index contributed by atoms with van der Waals surface area (Å²) in [4.78, 5) is 3.70. The molecule has 4 heteroatoms. The number of aryl methyl sites for hydroxylation is 2. The molecular weight excluding hydrogens is 254 g/mol. The minimum absolute atomic E-state index is 1.02. The number of anilines is 1. The summed E-state index contributed by atoms with van der Waals surface area (Å²) < 4.78 is 6.07. The fourth-order valence-electron chi connectivity index (χ4n) is 1.91. The Morgan fingerprint density at radius 1 is 0.889 bits per heavy atom. The van der Waals surface area contributed by atoms with E-state index < -0.39 is 16.6 Å². The molecule has 0 fully saturated rings. The van der Waals surface area contributed by atoms with Crippen LogP contribution in [0.5, 0.6) is 5.75 Å². The number of hydrogen-bond acceptors (Lipinski definition) is 2. The number of rotatable bonds is 4. The van der Waals surface area contributed by atoms with Gasteiger partial charge in [0.15, 0.2) is 0 Å². The average Bonchev–Trinajstić information content (AvgIpc) is 2.07. The highest BCUT2D eigenvalue weighted by atomic mass is 28.4. The lowest BCUT2D eigenvalue weighted by Crippen LogP contribution is -2.33. The van der Waals surface area contributed by atoms with Crippen LogP contribution in [-0.4, -0.2) is 16.6 Å². The van der Waals surface area contributed by atoms with E-state index >= 15 is 0 Å². The minimum Gasteiger partial charge on any atom is -0.544 e. The van der Waals surface area contributed by atoms with Crippen LogP contribution in [0.3, 0.4) is 0 Å². The molecule has 2 nitrogen and oxygen atoms in total. The molecule has 1 rings (SSSR count). The smallest absolute Gasteiger partial charge is 0.242 e. The van der Waals surface area contributed by atoms with Gasteiger partial charge in [-0.2, -0.15) is 0 Å². The quantitative estimate of drug-likeness (QED) is 0.803. The van der Waals surface area contributed by atoms with E-state index in [1.54, 1.807) is 0 Å². The standard InChI is InChI=1S/C14H27NOSi2/c1-11-9-13(16-18(6,7)8)10-12(2)14(11)15-17(3,4)5/h9-10,15H,1-8H3. The second kappa shape index (κ2) is 5.09. The Hall–Kier alpha value is -0.746. The fraction of sp³-hybridized carbons (Fsp3) is 0.571. The first kappa shape index (κ1) is 15.3. The van der Waals surface area contributed by atoms with Crippen molar-refractivity contribution < 1.29 is 4.43 Å². The second-order valence-electron chi connectivity index (χ2n) is 7.02. The van der Waals surface area contributed by atoms with E-state index in [-0.39, 0.29) is 0 Å². The molecule has 0 radical (unpaired) electrons. The molecule has 0 aliphatic carbocycles. The van der Waals surface area contributed by atoms with Crippen molar-refractivity contribution in [1.29, 1.82) is 0 Å².